The number of ether oxygens (including phenoxy) is 1. The van der Waals surface area contributed by atoms with Crippen molar-refractivity contribution in [3.8, 4) is 17.2 Å². The van der Waals surface area contributed by atoms with Gasteiger partial charge in [-0.05, 0) is 49.2 Å². The van der Waals surface area contributed by atoms with Gasteiger partial charge in [0.25, 0.3) is 0 Å². The molecule has 0 unspecified atom stereocenters. The first kappa shape index (κ1) is 18.0. The molecule has 0 bridgehead atoms. The van der Waals surface area contributed by atoms with Crippen LogP contribution in [0, 0.1) is 5.92 Å². The second-order valence-electron chi connectivity index (χ2n) is 6.74. The Morgan fingerprint density at radius 3 is 2.68 bits per heavy atom. The highest BCUT2D eigenvalue weighted by molar-refractivity contribution is 5.92. The largest absolute Gasteiger partial charge is 0.497 e. The Morgan fingerprint density at radius 2 is 2.00 bits per heavy atom. The second kappa shape index (κ2) is 8.12. The number of hydrogen-bond acceptors (Lipinski definition) is 6. The SMILES string of the molecule is COc1cccc(NC(=O)C2CCN(c3ccc(-c4ccco4)nn3)CC2)c1. The zero-order chi connectivity index (χ0) is 19.3. The molecule has 4 rings (SSSR count). The van der Waals surface area contributed by atoms with E-state index < -0.39 is 0 Å². The van der Waals surface area contributed by atoms with E-state index in [-0.39, 0.29) is 11.8 Å². The summed E-state index contributed by atoms with van der Waals surface area (Å²) in [7, 11) is 1.61. The van der Waals surface area contributed by atoms with Crippen LogP contribution in [-0.4, -0.2) is 36.3 Å². The molecule has 1 aromatic carbocycles. The zero-order valence-corrected chi connectivity index (χ0v) is 15.7. The topological polar surface area (TPSA) is 80.5 Å². The van der Waals surface area contributed by atoms with Crippen molar-refractivity contribution >= 4 is 17.4 Å². The van der Waals surface area contributed by atoms with Crippen LogP contribution in [0.25, 0.3) is 11.5 Å². The number of amides is 1. The van der Waals surface area contributed by atoms with E-state index in [1.165, 1.54) is 0 Å². The Morgan fingerprint density at radius 1 is 1.14 bits per heavy atom. The van der Waals surface area contributed by atoms with Crippen molar-refractivity contribution in [2.75, 3.05) is 30.4 Å². The highest BCUT2D eigenvalue weighted by atomic mass is 16.5. The number of hydrogen-bond donors (Lipinski definition) is 1. The number of furan rings is 1. The molecular formula is C21H22N4O3. The molecule has 1 aliphatic heterocycles. The molecule has 28 heavy (non-hydrogen) atoms. The van der Waals surface area contributed by atoms with Crippen LogP contribution in [0.15, 0.2) is 59.2 Å². The number of carbonyl (C=O) groups is 1. The Bertz CT molecular complexity index is 917. The van der Waals surface area contributed by atoms with Gasteiger partial charge in [-0.25, -0.2) is 0 Å². The zero-order valence-electron chi connectivity index (χ0n) is 15.7. The van der Waals surface area contributed by atoms with E-state index in [4.69, 9.17) is 9.15 Å². The van der Waals surface area contributed by atoms with Crippen molar-refractivity contribution in [3.05, 3.63) is 54.8 Å². The van der Waals surface area contributed by atoms with Crippen LogP contribution in [0.2, 0.25) is 0 Å². The van der Waals surface area contributed by atoms with Gasteiger partial charge in [0.2, 0.25) is 5.91 Å². The van der Waals surface area contributed by atoms with Gasteiger partial charge in [-0.3, -0.25) is 4.79 Å². The lowest BCUT2D eigenvalue weighted by Gasteiger charge is -2.31. The van der Waals surface area contributed by atoms with Gasteiger partial charge in [0.15, 0.2) is 11.6 Å². The van der Waals surface area contributed by atoms with Gasteiger partial charge in [0.05, 0.1) is 13.4 Å². The van der Waals surface area contributed by atoms with E-state index in [1.807, 2.05) is 48.5 Å². The molecule has 1 aliphatic rings. The maximum Gasteiger partial charge on any atom is 0.227 e. The maximum absolute atomic E-state index is 12.6. The number of rotatable bonds is 5. The van der Waals surface area contributed by atoms with Crippen molar-refractivity contribution in [1.29, 1.82) is 0 Å². The van der Waals surface area contributed by atoms with Gasteiger partial charge in [-0.1, -0.05) is 6.07 Å². The smallest absolute Gasteiger partial charge is 0.227 e. The fourth-order valence-electron chi connectivity index (χ4n) is 3.37. The Hall–Kier alpha value is -3.35. The molecule has 3 heterocycles. The molecule has 1 saturated heterocycles. The Kier molecular flexibility index (Phi) is 5.23. The number of piperidine rings is 1. The summed E-state index contributed by atoms with van der Waals surface area (Å²) in [5.41, 5.74) is 1.47. The summed E-state index contributed by atoms with van der Waals surface area (Å²) in [4.78, 5) is 14.7. The maximum atomic E-state index is 12.6. The standard InChI is InChI=1S/C21H22N4O3/c1-27-17-5-2-4-16(14-17)22-21(26)15-9-11-25(12-10-15)20-8-7-18(23-24-20)19-6-3-13-28-19/h2-8,13-15H,9-12H2,1H3,(H,22,26). The molecule has 1 N–H and O–H groups in total. The minimum atomic E-state index is -0.0159. The minimum Gasteiger partial charge on any atom is -0.497 e. The van der Waals surface area contributed by atoms with E-state index in [1.54, 1.807) is 13.4 Å². The number of benzene rings is 1. The summed E-state index contributed by atoms with van der Waals surface area (Å²) in [6.45, 7) is 1.54. The minimum absolute atomic E-state index is 0.0159. The fourth-order valence-corrected chi connectivity index (χ4v) is 3.37. The van der Waals surface area contributed by atoms with E-state index >= 15 is 0 Å². The number of carbonyl (C=O) groups excluding carboxylic acids is 1. The molecule has 0 spiro atoms. The van der Waals surface area contributed by atoms with E-state index in [9.17, 15) is 4.79 Å². The average molecular weight is 378 g/mol. The quantitative estimate of drug-likeness (QED) is 0.731. The van der Waals surface area contributed by atoms with E-state index in [0.29, 0.717) is 11.5 Å². The average Bonchev–Trinajstić information content (AvgIpc) is 3.29. The molecular weight excluding hydrogens is 356 g/mol. The van der Waals surface area contributed by atoms with Crippen molar-refractivity contribution in [2.45, 2.75) is 12.8 Å². The van der Waals surface area contributed by atoms with Gasteiger partial charge < -0.3 is 19.4 Å². The highest BCUT2D eigenvalue weighted by Crippen LogP contribution is 2.25. The molecule has 0 radical (unpaired) electrons. The lowest BCUT2D eigenvalue weighted by Crippen LogP contribution is -2.38. The first-order valence-corrected chi connectivity index (χ1v) is 9.30. The molecule has 144 valence electrons. The lowest BCUT2D eigenvalue weighted by atomic mass is 9.96. The van der Waals surface area contributed by atoms with Crippen molar-refractivity contribution < 1.29 is 13.9 Å². The number of nitrogens with one attached hydrogen (secondary N) is 1. The molecule has 2 aromatic heterocycles. The lowest BCUT2D eigenvalue weighted by molar-refractivity contribution is -0.120. The number of nitrogens with zero attached hydrogens (tertiary/aromatic N) is 3. The number of aromatic nitrogens is 2. The van der Waals surface area contributed by atoms with Crippen molar-refractivity contribution in [3.63, 3.8) is 0 Å². The molecule has 0 saturated carbocycles. The molecule has 7 heteroatoms. The van der Waals surface area contributed by atoms with Crippen LogP contribution in [0.1, 0.15) is 12.8 Å². The van der Waals surface area contributed by atoms with Crippen LogP contribution in [0.5, 0.6) is 5.75 Å². The third kappa shape index (κ3) is 3.98. The summed E-state index contributed by atoms with van der Waals surface area (Å²) in [6, 6.07) is 14.9. The van der Waals surface area contributed by atoms with Gasteiger partial charge in [0, 0.05) is 30.8 Å². The van der Waals surface area contributed by atoms with E-state index in [0.717, 1.165) is 43.2 Å². The third-order valence-corrected chi connectivity index (χ3v) is 4.95. The molecule has 3 aromatic rings. The van der Waals surface area contributed by atoms with Crippen LogP contribution < -0.4 is 15.0 Å². The second-order valence-corrected chi connectivity index (χ2v) is 6.74. The first-order valence-electron chi connectivity index (χ1n) is 9.30. The molecule has 0 atom stereocenters. The monoisotopic (exact) mass is 378 g/mol. The van der Waals surface area contributed by atoms with Crippen molar-refractivity contribution in [1.82, 2.24) is 10.2 Å². The summed E-state index contributed by atoms with van der Waals surface area (Å²) < 4.78 is 10.5. The third-order valence-electron chi connectivity index (χ3n) is 4.95. The molecule has 7 nitrogen and oxygen atoms in total. The van der Waals surface area contributed by atoms with Crippen LogP contribution >= 0.6 is 0 Å². The molecule has 0 aliphatic carbocycles. The Balaban J connectivity index is 1.33. The predicted molar refractivity (Wildman–Crippen MR) is 106 cm³/mol. The van der Waals surface area contributed by atoms with Gasteiger partial charge in [0.1, 0.15) is 11.4 Å². The fraction of sp³-hybridized carbons (Fsp3) is 0.286. The summed E-state index contributed by atoms with van der Waals surface area (Å²) >= 11 is 0. The molecule has 1 fully saturated rings. The molecule has 1 amide bonds. The van der Waals surface area contributed by atoms with Gasteiger partial charge in [-0.2, -0.15) is 0 Å². The number of anilines is 2. The summed E-state index contributed by atoms with van der Waals surface area (Å²) in [6.07, 6.45) is 3.17. The van der Waals surface area contributed by atoms with Crippen molar-refractivity contribution in [2.24, 2.45) is 5.92 Å². The summed E-state index contributed by atoms with van der Waals surface area (Å²) in [5.74, 6) is 2.28. The van der Waals surface area contributed by atoms with Crippen LogP contribution in [-0.2, 0) is 4.79 Å². The van der Waals surface area contributed by atoms with Crippen LogP contribution in [0.3, 0.4) is 0 Å². The normalized spacial score (nSPS) is 14.7. The predicted octanol–water partition coefficient (Wildman–Crippen LogP) is 3.60. The van der Waals surface area contributed by atoms with Crippen LogP contribution in [0.4, 0.5) is 11.5 Å². The van der Waals surface area contributed by atoms with Gasteiger partial charge in [-0.15, -0.1) is 10.2 Å². The first-order chi connectivity index (χ1) is 13.7. The van der Waals surface area contributed by atoms with E-state index in [2.05, 4.69) is 20.4 Å². The Labute approximate surface area is 163 Å². The number of methoxy groups -OCH3 is 1. The highest BCUT2D eigenvalue weighted by Gasteiger charge is 2.26. The van der Waals surface area contributed by atoms with Gasteiger partial charge >= 0.3 is 0 Å². The summed E-state index contributed by atoms with van der Waals surface area (Å²) in [5, 5.41) is 11.6.